The number of ether oxygens (including phenoxy) is 1. The Hall–Kier alpha value is -1.79. The van der Waals surface area contributed by atoms with E-state index < -0.39 is 5.97 Å². The molecule has 0 aliphatic carbocycles. The van der Waals surface area contributed by atoms with Gasteiger partial charge in [0.05, 0.1) is 13.2 Å². The normalized spacial score (nSPS) is 9.07. The lowest BCUT2D eigenvalue weighted by Gasteiger charge is -2.00. The van der Waals surface area contributed by atoms with E-state index in [1.807, 2.05) is 36.3 Å². The van der Waals surface area contributed by atoms with Crippen molar-refractivity contribution in [3.05, 3.63) is 35.9 Å². The summed E-state index contributed by atoms with van der Waals surface area (Å²) in [5.74, 6) is 3.43. The molecule has 0 saturated heterocycles. The maximum absolute atomic E-state index is 10.0. The van der Waals surface area contributed by atoms with Gasteiger partial charge >= 0.3 is 5.97 Å². The predicted molar refractivity (Wildman–Crippen MR) is 56.1 cm³/mol. The van der Waals surface area contributed by atoms with Crippen molar-refractivity contribution in [3.8, 4) is 11.8 Å². The number of carboxylic acid groups (broad SMARTS) is 1. The van der Waals surface area contributed by atoms with Gasteiger partial charge in [0.2, 0.25) is 0 Å². The molecule has 0 aromatic heterocycles. The molecule has 1 aromatic rings. The van der Waals surface area contributed by atoms with Crippen LogP contribution in [0.1, 0.15) is 12.0 Å². The van der Waals surface area contributed by atoms with Crippen LogP contribution in [-0.2, 0) is 16.1 Å². The number of hydrogen-bond acceptors (Lipinski definition) is 2. The highest BCUT2D eigenvalue weighted by atomic mass is 16.5. The van der Waals surface area contributed by atoms with Gasteiger partial charge in [-0.25, -0.2) is 4.79 Å². The predicted octanol–water partition coefficient (Wildman–Crippen LogP) is 1.68. The third kappa shape index (κ3) is 5.50. The minimum atomic E-state index is -1.10. The summed E-state index contributed by atoms with van der Waals surface area (Å²) in [6.45, 7) is 0.991. The van der Waals surface area contributed by atoms with E-state index in [4.69, 9.17) is 9.84 Å². The molecule has 0 bridgehead atoms. The van der Waals surface area contributed by atoms with Gasteiger partial charge in [-0.2, -0.15) is 0 Å². The molecular weight excluding hydrogens is 192 g/mol. The molecule has 0 aliphatic heterocycles. The largest absolute Gasteiger partial charge is 0.472 e. The molecule has 78 valence electrons. The molecule has 0 heterocycles. The molecule has 0 spiro atoms. The molecular formula is C12H12O3. The zero-order valence-electron chi connectivity index (χ0n) is 8.27. The van der Waals surface area contributed by atoms with E-state index in [1.54, 1.807) is 0 Å². The fourth-order valence-electron chi connectivity index (χ4n) is 1.03. The highest BCUT2D eigenvalue weighted by molar-refractivity contribution is 5.86. The Balaban J connectivity index is 2.13. The summed E-state index contributed by atoms with van der Waals surface area (Å²) in [4.78, 5) is 10.0. The van der Waals surface area contributed by atoms with Crippen LogP contribution in [0.5, 0.6) is 0 Å². The third-order valence-electron chi connectivity index (χ3n) is 1.68. The molecule has 0 radical (unpaired) electrons. The molecule has 0 unspecified atom stereocenters. The lowest BCUT2D eigenvalue weighted by molar-refractivity contribution is -0.130. The van der Waals surface area contributed by atoms with Gasteiger partial charge in [-0.3, -0.25) is 0 Å². The highest BCUT2D eigenvalue weighted by Gasteiger charge is 1.90. The molecule has 0 amide bonds. The van der Waals surface area contributed by atoms with Crippen LogP contribution in [0.4, 0.5) is 0 Å². The second-order valence-electron chi connectivity index (χ2n) is 2.90. The minimum Gasteiger partial charge on any atom is -0.472 e. The Morgan fingerprint density at radius 3 is 2.73 bits per heavy atom. The first-order valence-corrected chi connectivity index (χ1v) is 4.62. The van der Waals surface area contributed by atoms with Gasteiger partial charge < -0.3 is 9.84 Å². The summed E-state index contributed by atoms with van der Waals surface area (Å²) in [6, 6.07) is 9.79. The first-order chi connectivity index (χ1) is 7.29. The Morgan fingerprint density at radius 1 is 1.33 bits per heavy atom. The monoisotopic (exact) mass is 204 g/mol. The van der Waals surface area contributed by atoms with Crippen LogP contribution in [0.2, 0.25) is 0 Å². The molecule has 15 heavy (non-hydrogen) atoms. The number of aliphatic carboxylic acids is 1. The second-order valence-corrected chi connectivity index (χ2v) is 2.90. The maximum Gasteiger partial charge on any atom is 0.381 e. The Morgan fingerprint density at radius 2 is 2.07 bits per heavy atom. The van der Waals surface area contributed by atoms with Crippen molar-refractivity contribution in [1.82, 2.24) is 0 Å². The number of benzene rings is 1. The topological polar surface area (TPSA) is 46.5 Å². The first-order valence-electron chi connectivity index (χ1n) is 4.62. The van der Waals surface area contributed by atoms with Crippen molar-refractivity contribution in [1.29, 1.82) is 0 Å². The average molecular weight is 204 g/mol. The molecule has 0 saturated carbocycles. The summed E-state index contributed by atoms with van der Waals surface area (Å²) in [5, 5.41) is 8.23. The maximum atomic E-state index is 10.0. The quantitative estimate of drug-likeness (QED) is 0.599. The van der Waals surface area contributed by atoms with E-state index in [2.05, 4.69) is 5.92 Å². The van der Waals surface area contributed by atoms with Crippen LogP contribution < -0.4 is 0 Å². The average Bonchev–Trinajstić information content (AvgIpc) is 2.24. The van der Waals surface area contributed by atoms with Gasteiger partial charge in [0.1, 0.15) is 0 Å². The Kier molecular flexibility index (Phi) is 4.99. The van der Waals surface area contributed by atoms with Gasteiger partial charge in [0.15, 0.2) is 0 Å². The summed E-state index contributed by atoms with van der Waals surface area (Å²) in [7, 11) is 0. The van der Waals surface area contributed by atoms with E-state index in [0.29, 0.717) is 19.6 Å². The van der Waals surface area contributed by atoms with Gasteiger partial charge in [-0.15, -0.1) is 0 Å². The van der Waals surface area contributed by atoms with Crippen LogP contribution in [0.3, 0.4) is 0 Å². The molecule has 1 aromatic carbocycles. The first kappa shape index (κ1) is 11.3. The van der Waals surface area contributed by atoms with Gasteiger partial charge in [0, 0.05) is 12.3 Å². The molecule has 1 rings (SSSR count). The number of carboxylic acids is 1. The van der Waals surface area contributed by atoms with Crippen LogP contribution in [-0.4, -0.2) is 17.7 Å². The SMILES string of the molecule is O=C(O)C#CCCOCc1ccccc1. The lowest BCUT2D eigenvalue weighted by atomic mass is 10.2. The van der Waals surface area contributed by atoms with E-state index >= 15 is 0 Å². The Bertz CT molecular complexity index is 359. The molecule has 3 nitrogen and oxygen atoms in total. The van der Waals surface area contributed by atoms with Crippen LogP contribution in [0.15, 0.2) is 30.3 Å². The summed E-state index contributed by atoms with van der Waals surface area (Å²) >= 11 is 0. The van der Waals surface area contributed by atoms with Crippen molar-refractivity contribution >= 4 is 5.97 Å². The van der Waals surface area contributed by atoms with Crippen LogP contribution >= 0.6 is 0 Å². The van der Waals surface area contributed by atoms with E-state index in [1.165, 1.54) is 0 Å². The van der Waals surface area contributed by atoms with Gasteiger partial charge in [0.25, 0.3) is 0 Å². The Labute approximate surface area is 88.7 Å². The van der Waals surface area contributed by atoms with Gasteiger partial charge in [-0.05, 0) is 5.56 Å². The molecule has 0 fully saturated rings. The minimum absolute atomic E-state index is 0.444. The summed E-state index contributed by atoms with van der Waals surface area (Å²) in [6.07, 6.45) is 0.444. The second kappa shape index (κ2) is 6.63. The molecule has 1 N–H and O–H groups in total. The van der Waals surface area contributed by atoms with Crippen molar-refractivity contribution in [2.24, 2.45) is 0 Å². The molecule has 3 heteroatoms. The van der Waals surface area contributed by atoms with E-state index in [-0.39, 0.29) is 0 Å². The fraction of sp³-hybridized carbons (Fsp3) is 0.250. The molecule has 0 atom stereocenters. The fourth-order valence-corrected chi connectivity index (χ4v) is 1.03. The third-order valence-corrected chi connectivity index (χ3v) is 1.68. The van der Waals surface area contributed by atoms with Crippen molar-refractivity contribution in [3.63, 3.8) is 0 Å². The smallest absolute Gasteiger partial charge is 0.381 e. The zero-order valence-corrected chi connectivity index (χ0v) is 8.27. The van der Waals surface area contributed by atoms with E-state index in [0.717, 1.165) is 5.56 Å². The summed E-state index contributed by atoms with van der Waals surface area (Å²) in [5.41, 5.74) is 1.10. The van der Waals surface area contributed by atoms with Crippen molar-refractivity contribution in [2.75, 3.05) is 6.61 Å². The van der Waals surface area contributed by atoms with Crippen LogP contribution in [0.25, 0.3) is 0 Å². The van der Waals surface area contributed by atoms with Crippen molar-refractivity contribution < 1.29 is 14.6 Å². The number of hydrogen-bond donors (Lipinski definition) is 1. The van der Waals surface area contributed by atoms with E-state index in [9.17, 15) is 4.79 Å². The molecule has 0 aliphatic rings. The summed E-state index contributed by atoms with van der Waals surface area (Å²) < 4.78 is 5.31. The highest BCUT2D eigenvalue weighted by Crippen LogP contribution is 2.00. The zero-order chi connectivity index (χ0) is 10.9. The lowest BCUT2D eigenvalue weighted by Crippen LogP contribution is -1.94. The number of rotatable bonds is 4. The van der Waals surface area contributed by atoms with Crippen molar-refractivity contribution in [2.45, 2.75) is 13.0 Å². The standard InChI is InChI=1S/C12H12O3/c13-12(14)8-4-5-9-15-10-11-6-2-1-3-7-11/h1-3,6-7H,5,9-10H2,(H,13,14). The number of carbonyl (C=O) groups is 1. The van der Waals surface area contributed by atoms with Crippen LogP contribution in [0, 0.1) is 11.8 Å². The van der Waals surface area contributed by atoms with Gasteiger partial charge in [-0.1, -0.05) is 36.3 Å².